The molecule has 0 spiro atoms. The van der Waals surface area contributed by atoms with Crippen molar-refractivity contribution in [2.24, 2.45) is 0 Å². The van der Waals surface area contributed by atoms with Gasteiger partial charge in [-0.2, -0.15) is 0 Å². The molecule has 0 amide bonds. The molecule has 1 saturated heterocycles. The minimum Gasteiger partial charge on any atom is -0.484 e. The number of ether oxygens (including phenoxy) is 2. The Balaban J connectivity index is 2.19. The molecule has 0 bridgehead atoms. The van der Waals surface area contributed by atoms with Crippen LogP contribution in [0.4, 0.5) is 11.4 Å². The number of benzene rings is 1. The molecule has 24 heavy (non-hydrogen) atoms. The van der Waals surface area contributed by atoms with Gasteiger partial charge < -0.3 is 14.4 Å². The normalized spacial score (nSPS) is 18.9. The van der Waals surface area contributed by atoms with Gasteiger partial charge in [-0.05, 0) is 33.4 Å². The summed E-state index contributed by atoms with van der Waals surface area (Å²) in [6, 6.07) is 5.54. The van der Waals surface area contributed by atoms with E-state index in [-0.39, 0.29) is 11.8 Å². The predicted molar refractivity (Wildman–Crippen MR) is 94.0 cm³/mol. The number of hydrogen-bond donors (Lipinski definition) is 0. The molecule has 1 aromatic carbocycles. The van der Waals surface area contributed by atoms with E-state index in [4.69, 9.17) is 9.47 Å². The fourth-order valence-corrected chi connectivity index (χ4v) is 2.94. The highest BCUT2D eigenvalue weighted by Gasteiger charge is 2.26. The molecular formula is C17H27N3O4. The molecule has 1 aliphatic rings. The van der Waals surface area contributed by atoms with Crippen LogP contribution in [-0.2, 0) is 4.74 Å². The van der Waals surface area contributed by atoms with Crippen molar-refractivity contribution >= 4 is 11.4 Å². The number of nitro benzene ring substituents is 1. The molecule has 134 valence electrons. The van der Waals surface area contributed by atoms with E-state index >= 15 is 0 Å². The van der Waals surface area contributed by atoms with Crippen molar-refractivity contribution in [3.63, 3.8) is 0 Å². The molecule has 1 fully saturated rings. The quantitative estimate of drug-likeness (QED) is 0.563. The van der Waals surface area contributed by atoms with Crippen molar-refractivity contribution in [1.29, 1.82) is 0 Å². The lowest BCUT2D eigenvalue weighted by Crippen LogP contribution is -2.51. The minimum absolute atomic E-state index is 0.0116. The second kappa shape index (κ2) is 8.30. The van der Waals surface area contributed by atoms with E-state index in [0.717, 1.165) is 38.3 Å². The average Bonchev–Trinajstić information content (AvgIpc) is 2.53. The summed E-state index contributed by atoms with van der Waals surface area (Å²) in [7, 11) is 3.84. The van der Waals surface area contributed by atoms with Crippen LogP contribution in [0.5, 0.6) is 5.75 Å². The van der Waals surface area contributed by atoms with Crippen molar-refractivity contribution in [1.82, 2.24) is 4.90 Å². The maximum atomic E-state index is 11.2. The van der Waals surface area contributed by atoms with E-state index in [1.165, 1.54) is 6.07 Å². The molecule has 1 atom stereocenters. The van der Waals surface area contributed by atoms with Gasteiger partial charge in [0.15, 0.2) is 5.75 Å². The van der Waals surface area contributed by atoms with Gasteiger partial charge in [-0.1, -0.05) is 0 Å². The van der Waals surface area contributed by atoms with Gasteiger partial charge in [-0.3, -0.25) is 15.0 Å². The zero-order chi connectivity index (χ0) is 17.7. The van der Waals surface area contributed by atoms with Gasteiger partial charge in [0.25, 0.3) is 0 Å². The molecule has 1 aliphatic heterocycles. The maximum absolute atomic E-state index is 11.2. The van der Waals surface area contributed by atoms with Crippen molar-refractivity contribution in [2.45, 2.75) is 32.4 Å². The van der Waals surface area contributed by atoms with Gasteiger partial charge in [0.2, 0.25) is 0 Å². The van der Waals surface area contributed by atoms with Crippen molar-refractivity contribution in [2.75, 3.05) is 45.3 Å². The SMILES string of the molecule is COCC[C@@H]1CN(c2ccc([N+](=O)[O-])c(OC(C)C)c2)CCN1C. The number of nitrogens with zero attached hydrogens (tertiary/aromatic N) is 3. The topological polar surface area (TPSA) is 68.1 Å². The number of piperazine rings is 1. The highest BCUT2D eigenvalue weighted by molar-refractivity contribution is 5.59. The Morgan fingerprint density at radius 2 is 2.12 bits per heavy atom. The van der Waals surface area contributed by atoms with Crippen LogP contribution in [-0.4, -0.2) is 62.4 Å². The van der Waals surface area contributed by atoms with E-state index in [1.54, 1.807) is 13.2 Å². The molecule has 1 heterocycles. The summed E-state index contributed by atoms with van der Waals surface area (Å²) in [5, 5.41) is 11.2. The first kappa shape index (κ1) is 18.5. The molecule has 1 aromatic rings. The Kier molecular flexibility index (Phi) is 6.39. The molecule has 7 heteroatoms. The van der Waals surface area contributed by atoms with Crippen molar-refractivity contribution in [3.05, 3.63) is 28.3 Å². The second-order valence-corrected chi connectivity index (χ2v) is 6.44. The fourth-order valence-electron chi connectivity index (χ4n) is 2.94. The predicted octanol–water partition coefficient (Wildman–Crippen LogP) is 2.54. The summed E-state index contributed by atoms with van der Waals surface area (Å²) < 4.78 is 10.9. The second-order valence-electron chi connectivity index (χ2n) is 6.44. The lowest BCUT2D eigenvalue weighted by atomic mass is 10.1. The summed E-state index contributed by atoms with van der Waals surface area (Å²) in [6.45, 7) is 7.17. The molecule has 0 unspecified atom stereocenters. The van der Waals surface area contributed by atoms with Crippen LogP contribution in [0, 0.1) is 10.1 Å². The van der Waals surface area contributed by atoms with E-state index in [2.05, 4.69) is 16.8 Å². The van der Waals surface area contributed by atoms with Crippen LogP contribution in [0.15, 0.2) is 18.2 Å². The molecule has 0 saturated carbocycles. The molecule has 0 aromatic heterocycles. The van der Waals surface area contributed by atoms with Crippen LogP contribution >= 0.6 is 0 Å². The van der Waals surface area contributed by atoms with Gasteiger partial charge >= 0.3 is 5.69 Å². The molecule has 7 nitrogen and oxygen atoms in total. The third-order valence-corrected chi connectivity index (χ3v) is 4.30. The maximum Gasteiger partial charge on any atom is 0.311 e. The largest absolute Gasteiger partial charge is 0.484 e. The third-order valence-electron chi connectivity index (χ3n) is 4.30. The molecular weight excluding hydrogens is 310 g/mol. The van der Waals surface area contributed by atoms with Gasteiger partial charge in [-0.15, -0.1) is 0 Å². The highest BCUT2D eigenvalue weighted by atomic mass is 16.6. The fraction of sp³-hybridized carbons (Fsp3) is 0.647. The molecule has 0 N–H and O–H groups in total. The number of anilines is 1. The van der Waals surface area contributed by atoms with E-state index < -0.39 is 4.92 Å². The summed E-state index contributed by atoms with van der Waals surface area (Å²) in [4.78, 5) is 15.4. The van der Waals surface area contributed by atoms with Crippen LogP contribution in [0.3, 0.4) is 0 Å². The van der Waals surface area contributed by atoms with Crippen LogP contribution in [0.2, 0.25) is 0 Å². The smallest absolute Gasteiger partial charge is 0.311 e. The summed E-state index contributed by atoms with van der Waals surface area (Å²) >= 11 is 0. The van der Waals surface area contributed by atoms with E-state index in [0.29, 0.717) is 11.8 Å². The van der Waals surface area contributed by atoms with Crippen LogP contribution in [0.1, 0.15) is 20.3 Å². The summed E-state index contributed by atoms with van der Waals surface area (Å²) in [6.07, 6.45) is 0.854. The average molecular weight is 337 g/mol. The third kappa shape index (κ3) is 4.58. The Morgan fingerprint density at radius 1 is 1.38 bits per heavy atom. The Morgan fingerprint density at radius 3 is 2.75 bits per heavy atom. The van der Waals surface area contributed by atoms with Gasteiger partial charge in [-0.25, -0.2) is 0 Å². The minimum atomic E-state index is -0.396. The van der Waals surface area contributed by atoms with Gasteiger partial charge in [0.1, 0.15) is 0 Å². The first-order valence-electron chi connectivity index (χ1n) is 8.31. The Labute approximate surface area is 143 Å². The lowest BCUT2D eigenvalue weighted by Gasteiger charge is -2.40. The number of likely N-dealkylation sites (N-methyl/N-ethyl adjacent to an activating group) is 1. The van der Waals surface area contributed by atoms with Crippen molar-refractivity contribution in [3.8, 4) is 5.75 Å². The standard InChI is InChI=1S/C17H27N3O4/c1-13(2)24-17-11-14(5-6-16(17)20(21)22)19-9-8-18(3)15(12-19)7-10-23-4/h5-6,11,13,15H,7-10,12H2,1-4H3/t15-/m1/s1. The number of rotatable bonds is 7. The van der Waals surface area contributed by atoms with Crippen LogP contribution < -0.4 is 9.64 Å². The van der Waals surface area contributed by atoms with Gasteiger partial charge in [0.05, 0.1) is 11.0 Å². The van der Waals surface area contributed by atoms with Crippen molar-refractivity contribution < 1.29 is 14.4 Å². The monoisotopic (exact) mass is 337 g/mol. The van der Waals surface area contributed by atoms with Gasteiger partial charge in [0, 0.05) is 57.2 Å². The Bertz CT molecular complexity index is 565. The first-order valence-corrected chi connectivity index (χ1v) is 8.31. The first-order chi connectivity index (χ1) is 11.4. The van der Waals surface area contributed by atoms with Crippen LogP contribution in [0.25, 0.3) is 0 Å². The van der Waals surface area contributed by atoms with E-state index in [9.17, 15) is 10.1 Å². The summed E-state index contributed by atoms with van der Waals surface area (Å²) in [5.74, 6) is 0.333. The lowest BCUT2D eigenvalue weighted by molar-refractivity contribution is -0.386. The molecule has 0 aliphatic carbocycles. The van der Waals surface area contributed by atoms with E-state index in [1.807, 2.05) is 19.9 Å². The molecule has 2 rings (SSSR count). The number of methoxy groups -OCH3 is 1. The Hall–Kier alpha value is -1.86. The zero-order valence-electron chi connectivity index (χ0n) is 14.9. The number of hydrogen-bond acceptors (Lipinski definition) is 6. The number of nitro groups is 1. The summed E-state index contributed by atoms with van der Waals surface area (Å²) in [5.41, 5.74) is 0.976. The highest BCUT2D eigenvalue weighted by Crippen LogP contribution is 2.33. The zero-order valence-corrected chi connectivity index (χ0v) is 14.9. The molecule has 0 radical (unpaired) electrons.